The van der Waals surface area contributed by atoms with Gasteiger partial charge in [-0.2, -0.15) is 5.26 Å². The van der Waals surface area contributed by atoms with Crippen LogP contribution in [0.4, 0.5) is 20.3 Å². The van der Waals surface area contributed by atoms with E-state index in [0.29, 0.717) is 11.1 Å². The molecule has 4 aromatic rings. The average molecular weight is 446 g/mol. The standard InChI is InChI=1S/C25H20F2N4O2/c1-14-6-5-7-15(2)23(14)30-25-22(17-8-3-4-9-20(17)33-13-21(29)32)18(11-28)24-19(27)10-16(26)12-31(24)25/h3-10,12,30H,13H2,1-2H3,(H2,29,32). The number of anilines is 2. The summed E-state index contributed by atoms with van der Waals surface area (Å²) >= 11 is 0. The lowest BCUT2D eigenvalue weighted by molar-refractivity contribution is -0.119. The zero-order valence-corrected chi connectivity index (χ0v) is 17.9. The van der Waals surface area contributed by atoms with Crippen molar-refractivity contribution >= 4 is 22.9 Å². The van der Waals surface area contributed by atoms with Crippen LogP contribution in [0.3, 0.4) is 0 Å². The highest BCUT2D eigenvalue weighted by atomic mass is 19.1. The number of amides is 1. The monoisotopic (exact) mass is 446 g/mol. The number of pyridine rings is 1. The summed E-state index contributed by atoms with van der Waals surface area (Å²) in [6, 6.07) is 15.2. The van der Waals surface area contributed by atoms with E-state index in [-0.39, 0.29) is 29.3 Å². The Kier molecular flexibility index (Phi) is 5.71. The molecule has 2 aromatic carbocycles. The molecule has 0 bridgehead atoms. The van der Waals surface area contributed by atoms with E-state index in [1.165, 1.54) is 4.40 Å². The molecule has 0 saturated heterocycles. The molecule has 0 aliphatic heterocycles. The Bertz CT molecular complexity index is 1420. The summed E-state index contributed by atoms with van der Waals surface area (Å²) < 4.78 is 36.0. The second-order valence-corrected chi connectivity index (χ2v) is 7.58. The van der Waals surface area contributed by atoms with E-state index in [1.807, 2.05) is 32.0 Å². The second kappa shape index (κ2) is 8.63. The molecule has 0 atom stereocenters. The zero-order chi connectivity index (χ0) is 23.7. The van der Waals surface area contributed by atoms with Crippen LogP contribution in [0.2, 0.25) is 0 Å². The summed E-state index contributed by atoms with van der Waals surface area (Å²) in [5.41, 5.74) is 8.43. The van der Waals surface area contributed by atoms with E-state index in [1.54, 1.807) is 24.3 Å². The number of nitrogens with one attached hydrogen (secondary N) is 1. The number of nitriles is 1. The van der Waals surface area contributed by atoms with Gasteiger partial charge >= 0.3 is 0 Å². The number of nitrogens with two attached hydrogens (primary N) is 1. The number of aryl methyl sites for hydroxylation is 2. The van der Waals surface area contributed by atoms with Gasteiger partial charge in [-0.05, 0) is 31.0 Å². The molecule has 4 rings (SSSR count). The zero-order valence-electron chi connectivity index (χ0n) is 17.9. The van der Waals surface area contributed by atoms with Crippen molar-refractivity contribution in [3.05, 3.63) is 83.1 Å². The van der Waals surface area contributed by atoms with Crippen LogP contribution in [0.1, 0.15) is 16.7 Å². The number of hydrogen-bond acceptors (Lipinski definition) is 4. The van der Waals surface area contributed by atoms with Crippen LogP contribution in [-0.2, 0) is 4.79 Å². The van der Waals surface area contributed by atoms with Crippen molar-refractivity contribution in [2.24, 2.45) is 5.73 Å². The minimum Gasteiger partial charge on any atom is -0.483 e. The smallest absolute Gasteiger partial charge is 0.255 e. The molecule has 0 aliphatic carbocycles. The molecule has 0 fully saturated rings. The molecule has 8 heteroatoms. The van der Waals surface area contributed by atoms with Crippen molar-refractivity contribution in [3.8, 4) is 22.9 Å². The largest absolute Gasteiger partial charge is 0.483 e. The summed E-state index contributed by atoms with van der Waals surface area (Å²) in [5, 5.41) is 13.3. The Hall–Kier alpha value is -4.38. The molecule has 3 N–H and O–H groups in total. The molecule has 0 radical (unpaired) electrons. The van der Waals surface area contributed by atoms with E-state index in [0.717, 1.165) is 29.1 Å². The summed E-state index contributed by atoms with van der Waals surface area (Å²) in [6.45, 7) is 3.43. The Labute approximate surface area is 188 Å². The minimum absolute atomic E-state index is 0.00337. The first-order valence-electron chi connectivity index (χ1n) is 10.1. The van der Waals surface area contributed by atoms with Gasteiger partial charge in [-0.1, -0.05) is 36.4 Å². The van der Waals surface area contributed by atoms with Crippen LogP contribution in [0.5, 0.6) is 5.75 Å². The number of rotatable bonds is 6. The number of aromatic nitrogens is 1. The summed E-state index contributed by atoms with van der Waals surface area (Å²) in [5.74, 6) is -1.79. The van der Waals surface area contributed by atoms with E-state index < -0.39 is 17.5 Å². The number of carbonyl (C=O) groups is 1. The highest BCUT2D eigenvalue weighted by Crippen LogP contribution is 2.43. The molecule has 33 heavy (non-hydrogen) atoms. The van der Waals surface area contributed by atoms with Crippen LogP contribution in [-0.4, -0.2) is 16.9 Å². The number of para-hydroxylation sites is 2. The van der Waals surface area contributed by atoms with Gasteiger partial charge in [0, 0.05) is 29.1 Å². The van der Waals surface area contributed by atoms with Crippen molar-refractivity contribution in [2.75, 3.05) is 11.9 Å². The van der Waals surface area contributed by atoms with Gasteiger partial charge in [0.25, 0.3) is 5.91 Å². The van der Waals surface area contributed by atoms with Crippen LogP contribution >= 0.6 is 0 Å². The summed E-state index contributed by atoms with van der Waals surface area (Å²) in [4.78, 5) is 11.3. The van der Waals surface area contributed by atoms with Crippen LogP contribution in [0.25, 0.3) is 16.6 Å². The molecule has 0 unspecified atom stereocenters. The van der Waals surface area contributed by atoms with Crippen molar-refractivity contribution < 1.29 is 18.3 Å². The lowest BCUT2D eigenvalue weighted by Crippen LogP contribution is -2.20. The fraction of sp³-hybridized carbons (Fsp3) is 0.120. The maximum atomic E-state index is 14.9. The maximum absolute atomic E-state index is 14.9. The van der Waals surface area contributed by atoms with Gasteiger partial charge < -0.3 is 15.8 Å². The third-order valence-corrected chi connectivity index (χ3v) is 5.31. The van der Waals surface area contributed by atoms with Gasteiger partial charge in [-0.3, -0.25) is 9.20 Å². The van der Waals surface area contributed by atoms with Crippen molar-refractivity contribution in [1.82, 2.24) is 4.40 Å². The van der Waals surface area contributed by atoms with Gasteiger partial charge in [-0.15, -0.1) is 0 Å². The molecule has 0 spiro atoms. The quantitative estimate of drug-likeness (QED) is 0.437. The number of hydrogen-bond donors (Lipinski definition) is 2. The molecular formula is C25H20F2N4O2. The molecule has 2 aromatic heterocycles. The maximum Gasteiger partial charge on any atom is 0.255 e. The number of primary amides is 1. The molecule has 0 aliphatic rings. The van der Waals surface area contributed by atoms with E-state index in [9.17, 15) is 18.8 Å². The summed E-state index contributed by atoms with van der Waals surface area (Å²) in [7, 11) is 0. The number of halogens is 2. The first kappa shape index (κ1) is 21.8. The van der Waals surface area contributed by atoms with Crippen LogP contribution in [0.15, 0.2) is 54.7 Å². The van der Waals surface area contributed by atoms with E-state index in [2.05, 4.69) is 11.4 Å². The Morgan fingerprint density at radius 2 is 1.85 bits per heavy atom. The Balaban J connectivity index is 2.07. The number of ether oxygens (including phenoxy) is 1. The van der Waals surface area contributed by atoms with Crippen molar-refractivity contribution in [1.29, 1.82) is 5.26 Å². The van der Waals surface area contributed by atoms with Crippen molar-refractivity contribution in [2.45, 2.75) is 13.8 Å². The number of nitrogens with zero attached hydrogens (tertiary/aromatic N) is 2. The van der Waals surface area contributed by atoms with E-state index >= 15 is 0 Å². The van der Waals surface area contributed by atoms with Crippen LogP contribution in [0, 0.1) is 36.8 Å². The highest BCUT2D eigenvalue weighted by molar-refractivity contribution is 5.94. The van der Waals surface area contributed by atoms with E-state index in [4.69, 9.17) is 10.5 Å². The molecule has 166 valence electrons. The number of fused-ring (bicyclic) bond motifs is 1. The Morgan fingerprint density at radius 3 is 2.52 bits per heavy atom. The first-order valence-corrected chi connectivity index (χ1v) is 10.1. The fourth-order valence-corrected chi connectivity index (χ4v) is 3.87. The Morgan fingerprint density at radius 1 is 1.15 bits per heavy atom. The molecule has 2 heterocycles. The summed E-state index contributed by atoms with van der Waals surface area (Å²) in [6.07, 6.45) is 1.12. The van der Waals surface area contributed by atoms with Gasteiger partial charge in [-0.25, -0.2) is 8.78 Å². The van der Waals surface area contributed by atoms with Gasteiger partial charge in [0.15, 0.2) is 12.4 Å². The minimum atomic E-state index is -0.877. The van der Waals surface area contributed by atoms with Gasteiger partial charge in [0.1, 0.15) is 29.0 Å². The first-order chi connectivity index (χ1) is 15.8. The predicted octanol–water partition coefficient (Wildman–Crippen LogP) is 4.98. The van der Waals surface area contributed by atoms with Crippen LogP contribution < -0.4 is 15.8 Å². The molecule has 0 saturated carbocycles. The van der Waals surface area contributed by atoms with Gasteiger partial charge in [0.05, 0.1) is 5.56 Å². The third-order valence-electron chi connectivity index (χ3n) is 5.31. The molecular weight excluding hydrogens is 426 g/mol. The predicted molar refractivity (Wildman–Crippen MR) is 121 cm³/mol. The second-order valence-electron chi connectivity index (χ2n) is 7.58. The van der Waals surface area contributed by atoms with Gasteiger partial charge in [0.2, 0.25) is 0 Å². The third kappa shape index (κ3) is 3.96. The lowest BCUT2D eigenvalue weighted by atomic mass is 10.0. The highest BCUT2D eigenvalue weighted by Gasteiger charge is 2.26. The van der Waals surface area contributed by atoms with Crippen molar-refractivity contribution in [3.63, 3.8) is 0 Å². The molecule has 1 amide bonds. The number of benzene rings is 2. The fourth-order valence-electron chi connectivity index (χ4n) is 3.87. The lowest BCUT2D eigenvalue weighted by Gasteiger charge is -2.16. The topological polar surface area (TPSA) is 92.5 Å². The average Bonchev–Trinajstić information content (AvgIpc) is 3.08. The molecule has 6 nitrogen and oxygen atoms in total. The SMILES string of the molecule is Cc1cccc(C)c1Nc1c(-c2ccccc2OCC(N)=O)c(C#N)c2c(F)cc(F)cn12. The number of carbonyl (C=O) groups excluding carboxylic acids is 1. The normalized spacial score (nSPS) is 10.8.